The van der Waals surface area contributed by atoms with E-state index in [0.717, 1.165) is 47.9 Å². The van der Waals surface area contributed by atoms with Gasteiger partial charge >= 0.3 is 0 Å². The average molecular weight is 451 g/mol. The second-order valence-corrected chi connectivity index (χ2v) is 10.4. The van der Waals surface area contributed by atoms with E-state index in [1.165, 1.54) is 42.4 Å². The summed E-state index contributed by atoms with van der Waals surface area (Å²) in [6, 6.07) is 18.4. The molecule has 2 heterocycles. The Hall–Kier alpha value is -3.25. The van der Waals surface area contributed by atoms with Crippen molar-refractivity contribution in [3.63, 3.8) is 0 Å². The molecular formula is C28H30N6. The van der Waals surface area contributed by atoms with Crippen LogP contribution in [0, 0.1) is 11.8 Å². The molecule has 3 aliphatic rings. The van der Waals surface area contributed by atoms with E-state index in [2.05, 4.69) is 68.8 Å². The van der Waals surface area contributed by atoms with Crippen LogP contribution >= 0.6 is 0 Å². The second-order valence-electron chi connectivity index (χ2n) is 10.4. The highest BCUT2D eigenvalue weighted by Gasteiger charge is 2.41. The molecule has 2 aromatic carbocycles. The Morgan fingerprint density at radius 3 is 2.47 bits per heavy atom. The molecule has 3 aliphatic carbocycles. The first-order valence-electron chi connectivity index (χ1n) is 12.6. The van der Waals surface area contributed by atoms with Crippen molar-refractivity contribution in [2.24, 2.45) is 11.8 Å². The van der Waals surface area contributed by atoms with Gasteiger partial charge in [0.2, 0.25) is 5.95 Å². The van der Waals surface area contributed by atoms with Crippen molar-refractivity contribution in [2.75, 3.05) is 5.32 Å². The molecule has 7 rings (SSSR count). The summed E-state index contributed by atoms with van der Waals surface area (Å²) in [5.41, 5.74) is 6.21. The molecule has 0 radical (unpaired) electrons. The molecule has 0 unspecified atom stereocenters. The molecule has 2 saturated carbocycles. The Kier molecular flexibility index (Phi) is 4.86. The molecule has 2 aromatic heterocycles. The lowest BCUT2D eigenvalue weighted by atomic mass is 9.95. The predicted molar refractivity (Wildman–Crippen MR) is 134 cm³/mol. The first-order valence-corrected chi connectivity index (χ1v) is 12.6. The van der Waals surface area contributed by atoms with Crippen LogP contribution in [0.25, 0.3) is 11.0 Å². The van der Waals surface area contributed by atoms with Crippen molar-refractivity contribution in [1.82, 2.24) is 25.1 Å². The van der Waals surface area contributed by atoms with Gasteiger partial charge in [-0.05, 0) is 72.8 Å². The summed E-state index contributed by atoms with van der Waals surface area (Å²) in [5.74, 6) is 2.27. The molecule has 172 valence electrons. The molecular weight excluding hydrogens is 420 g/mol. The van der Waals surface area contributed by atoms with Gasteiger partial charge in [-0.1, -0.05) is 42.8 Å². The van der Waals surface area contributed by atoms with Crippen molar-refractivity contribution >= 4 is 22.7 Å². The van der Waals surface area contributed by atoms with Gasteiger partial charge in [-0.25, -0.2) is 9.67 Å². The number of anilines is 2. The van der Waals surface area contributed by atoms with Crippen molar-refractivity contribution in [2.45, 2.75) is 57.2 Å². The fourth-order valence-electron chi connectivity index (χ4n) is 6.45. The number of hydrogen-bond acceptors (Lipinski definition) is 5. The fourth-order valence-corrected chi connectivity index (χ4v) is 6.45. The lowest BCUT2D eigenvalue weighted by molar-refractivity contribution is 0.313. The third-order valence-electron chi connectivity index (χ3n) is 8.21. The Labute approximate surface area is 199 Å². The zero-order chi connectivity index (χ0) is 22.5. The van der Waals surface area contributed by atoms with Crippen molar-refractivity contribution in [3.05, 3.63) is 77.6 Å². The average Bonchev–Trinajstić information content (AvgIpc) is 3.66. The topological polar surface area (TPSA) is 67.7 Å². The second kappa shape index (κ2) is 8.20. The molecule has 3 atom stereocenters. The maximum absolute atomic E-state index is 4.86. The normalized spacial score (nSPS) is 23.6. The van der Waals surface area contributed by atoms with E-state index in [4.69, 9.17) is 10.1 Å². The van der Waals surface area contributed by atoms with E-state index in [1.807, 2.05) is 12.4 Å². The van der Waals surface area contributed by atoms with Crippen LogP contribution < -0.4 is 10.6 Å². The molecule has 6 nitrogen and oxygen atoms in total. The predicted octanol–water partition coefficient (Wildman–Crippen LogP) is 5.19. The van der Waals surface area contributed by atoms with Gasteiger partial charge in [0.1, 0.15) is 0 Å². The van der Waals surface area contributed by atoms with Crippen LogP contribution in [0.2, 0.25) is 0 Å². The maximum atomic E-state index is 4.86. The van der Waals surface area contributed by atoms with Gasteiger partial charge in [-0.3, -0.25) is 0 Å². The first kappa shape index (κ1) is 20.2. The molecule has 0 aliphatic heterocycles. The zero-order valence-corrected chi connectivity index (χ0v) is 19.3. The third-order valence-corrected chi connectivity index (χ3v) is 8.21. The smallest absolute Gasteiger partial charge is 0.229 e. The van der Waals surface area contributed by atoms with Crippen LogP contribution in [-0.2, 0) is 19.4 Å². The van der Waals surface area contributed by atoms with E-state index in [9.17, 15) is 0 Å². The highest BCUT2D eigenvalue weighted by Crippen LogP contribution is 2.51. The number of nitrogens with zero attached hydrogens (tertiary/aromatic N) is 4. The quantitative estimate of drug-likeness (QED) is 0.423. The Bertz CT molecular complexity index is 1300. The van der Waals surface area contributed by atoms with E-state index in [0.29, 0.717) is 18.0 Å². The SMILES string of the molecule is c1ccc2c(c1)CC(NCc1ccc(Nc3ncc4cnn([C@H]5C[C@H]6CC[C@@H]5C6)c4n3)cc1)C2. The van der Waals surface area contributed by atoms with Crippen molar-refractivity contribution < 1.29 is 0 Å². The summed E-state index contributed by atoms with van der Waals surface area (Å²) < 4.78 is 2.17. The van der Waals surface area contributed by atoms with Crippen LogP contribution in [0.4, 0.5) is 11.6 Å². The van der Waals surface area contributed by atoms with Gasteiger partial charge < -0.3 is 10.6 Å². The summed E-state index contributed by atoms with van der Waals surface area (Å²) in [6.07, 6.45) is 11.4. The van der Waals surface area contributed by atoms with Crippen LogP contribution in [0.5, 0.6) is 0 Å². The van der Waals surface area contributed by atoms with Gasteiger partial charge in [0.15, 0.2) is 5.65 Å². The Balaban J connectivity index is 1.01. The molecule has 2 N–H and O–H groups in total. The molecule has 2 bridgehead atoms. The number of fused-ring (bicyclic) bond motifs is 4. The molecule has 2 fully saturated rings. The van der Waals surface area contributed by atoms with Gasteiger partial charge in [0, 0.05) is 24.5 Å². The van der Waals surface area contributed by atoms with E-state index in [1.54, 1.807) is 0 Å². The van der Waals surface area contributed by atoms with Gasteiger partial charge in [-0.2, -0.15) is 10.1 Å². The van der Waals surface area contributed by atoms with Crippen LogP contribution in [0.1, 0.15) is 48.4 Å². The summed E-state index contributed by atoms with van der Waals surface area (Å²) in [6.45, 7) is 0.879. The maximum Gasteiger partial charge on any atom is 0.229 e. The number of nitrogens with one attached hydrogen (secondary N) is 2. The van der Waals surface area contributed by atoms with Crippen LogP contribution in [0.15, 0.2) is 60.9 Å². The zero-order valence-electron chi connectivity index (χ0n) is 19.3. The van der Waals surface area contributed by atoms with Crippen LogP contribution in [0.3, 0.4) is 0 Å². The highest BCUT2D eigenvalue weighted by molar-refractivity contribution is 5.75. The Morgan fingerprint density at radius 2 is 1.74 bits per heavy atom. The fraction of sp³-hybridized carbons (Fsp3) is 0.393. The lowest BCUT2D eigenvalue weighted by Gasteiger charge is -2.22. The van der Waals surface area contributed by atoms with E-state index >= 15 is 0 Å². The minimum atomic E-state index is 0.499. The Morgan fingerprint density at radius 1 is 0.912 bits per heavy atom. The summed E-state index contributed by atoms with van der Waals surface area (Å²) >= 11 is 0. The van der Waals surface area contributed by atoms with E-state index in [-0.39, 0.29) is 0 Å². The third kappa shape index (κ3) is 3.66. The molecule has 0 amide bonds. The van der Waals surface area contributed by atoms with Gasteiger partial charge in [0.25, 0.3) is 0 Å². The molecule has 0 saturated heterocycles. The minimum Gasteiger partial charge on any atom is -0.324 e. The van der Waals surface area contributed by atoms with Crippen molar-refractivity contribution in [3.8, 4) is 0 Å². The number of aromatic nitrogens is 4. The summed E-state index contributed by atoms with van der Waals surface area (Å²) in [4.78, 5) is 9.39. The molecule has 6 heteroatoms. The monoisotopic (exact) mass is 450 g/mol. The van der Waals surface area contributed by atoms with Crippen molar-refractivity contribution in [1.29, 1.82) is 0 Å². The summed E-state index contributed by atoms with van der Waals surface area (Å²) in [5, 5.41) is 12.8. The van der Waals surface area contributed by atoms with Crippen LogP contribution in [-0.4, -0.2) is 25.8 Å². The molecule has 34 heavy (non-hydrogen) atoms. The number of benzene rings is 2. The number of rotatable bonds is 6. The first-order chi connectivity index (χ1) is 16.8. The van der Waals surface area contributed by atoms with Gasteiger partial charge in [-0.15, -0.1) is 0 Å². The lowest BCUT2D eigenvalue weighted by Crippen LogP contribution is -2.28. The van der Waals surface area contributed by atoms with Gasteiger partial charge in [0.05, 0.1) is 17.6 Å². The standard InChI is InChI=1S/C28H30N6/c1-2-4-21-14-25(13-20(21)3-1)29-15-18-6-9-24(10-7-18)32-28-30-16-23-17-31-34(27(23)33-28)26-12-19-5-8-22(26)11-19/h1-4,6-7,9-10,16-17,19,22,25-26,29H,5,8,11-15H2,(H,30,32,33)/t19-,22+,26-/m0/s1. The van der Waals surface area contributed by atoms with E-state index < -0.39 is 0 Å². The molecule has 0 spiro atoms. The molecule has 4 aromatic rings. The number of hydrogen-bond donors (Lipinski definition) is 2. The largest absolute Gasteiger partial charge is 0.324 e. The highest BCUT2D eigenvalue weighted by atomic mass is 15.3. The minimum absolute atomic E-state index is 0.499. The summed E-state index contributed by atoms with van der Waals surface area (Å²) in [7, 11) is 0.